The Labute approximate surface area is 163 Å². The normalized spacial score (nSPS) is 30.4. The first kappa shape index (κ1) is 22.8. The number of hydrogen-bond donors (Lipinski definition) is 3. The van der Waals surface area contributed by atoms with Crippen LogP contribution in [-0.4, -0.2) is 67.6 Å². The van der Waals surface area contributed by atoms with E-state index < -0.39 is 43.2 Å². The van der Waals surface area contributed by atoms with Crippen LogP contribution in [0.1, 0.15) is 33.6 Å². The Bertz CT molecular complexity index is 648. The summed E-state index contributed by atoms with van der Waals surface area (Å²) in [5, 5.41) is 13.8. The SMILES string of the molecule is C[C@H](NP1(=O)OCC(C)(C)[C@H](C(=O)NCCC(=O)O[C@@H]2CCOC2)O1)C(=O)O. The van der Waals surface area contributed by atoms with Crippen LogP contribution in [0.3, 0.4) is 0 Å². The van der Waals surface area contributed by atoms with Crippen molar-refractivity contribution in [1.29, 1.82) is 0 Å². The van der Waals surface area contributed by atoms with Crippen molar-refractivity contribution in [2.24, 2.45) is 5.41 Å². The van der Waals surface area contributed by atoms with Gasteiger partial charge in [0.2, 0.25) is 5.91 Å². The molecule has 0 spiro atoms. The third kappa shape index (κ3) is 6.25. The van der Waals surface area contributed by atoms with Gasteiger partial charge < -0.3 is 19.9 Å². The van der Waals surface area contributed by atoms with E-state index in [0.717, 1.165) is 0 Å². The Balaban J connectivity index is 1.87. The fourth-order valence-electron chi connectivity index (χ4n) is 2.63. The molecule has 0 bridgehead atoms. The summed E-state index contributed by atoms with van der Waals surface area (Å²) < 4.78 is 33.5. The average Bonchev–Trinajstić information content (AvgIpc) is 3.10. The summed E-state index contributed by atoms with van der Waals surface area (Å²) in [7, 11) is -3.98. The van der Waals surface area contributed by atoms with Gasteiger partial charge in [-0.25, -0.2) is 9.65 Å². The molecule has 0 saturated carbocycles. The van der Waals surface area contributed by atoms with Crippen molar-refractivity contribution >= 4 is 25.6 Å². The van der Waals surface area contributed by atoms with Crippen LogP contribution >= 0.6 is 7.75 Å². The Hall–Kier alpha value is -1.52. The third-order valence-corrected chi connectivity index (χ3v) is 6.00. The molecular formula is C16H27N2O9P. The molecule has 2 saturated heterocycles. The van der Waals surface area contributed by atoms with Crippen LogP contribution in [0.25, 0.3) is 0 Å². The number of amides is 1. The van der Waals surface area contributed by atoms with Crippen LogP contribution in [0.5, 0.6) is 0 Å². The maximum absolute atomic E-state index is 12.6. The lowest BCUT2D eigenvalue weighted by molar-refractivity contribution is -0.149. The van der Waals surface area contributed by atoms with E-state index in [9.17, 15) is 18.9 Å². The highest BCUT2D eigenvalue weighted by molar-refractivity contribution is 7.51. The zero-order valence-corrected chi connectivity index (χ0v) is 17.0. The summed E-state index contributed by atoms with van der Waals surface area (Å²) in [5.41, 5.74) is -0.812. The molecule has 2 fully saturated rings. The largest absolute Gasteiger partial charge is 0.480 e. The number of ether oxygens (including phenoxy) is 2. The minimum atomic E-state index is -3.98. The molecule has 160 valence electrons. The van der Waals surface area contributed by atoms with Crippen molar-refractivity contribution in [2.45, 2.75) is 51.9 Å². The van der Waals surface area contributed by atoms with Gasteiger partial charge in [-0.15, -0.1) is 0 Å². The molecular weight excluding hydrogens is 395 g/mol. The maximum Gasteiger partial charge on any atom is 0.407 e. The number of carboxylic acids is 1. The number of carbonyl (C=O) groups is 3. The standard InChI is InChI=1S/C16H27N2O9P/c1-10(15(21)22)18-28(23)25-9-16(2,3)13(27-28)14(20)17-6-4-12(19)26-11-5-7-24-8-11/h10-11,13H,4-9H2,1-3H3,(H,17,20)(H,18,23)(H,21,22)/t10-,11+,13-,28?/m0/s1. The van der Waals surface area contributed by atoms with Crippen molar-refractivity contribution in [3.63, 3.8) is 0 Å². The van der Waals surface area contributed by atoms with Gasteiger partial charge in [0, 0.05) is 18.4 Å². The molecule has 12 heteroatoms. The summed E-state index contributed by atoms with van der Waals surface area (Å²) in [6, 6.07) is -1.19. The Morgan fingerprint density at radius 2 is 2.07 bits per heavy atom. The fraction of sp³-hybridized carbons (Fsp3) is 0.812. The minimum absolute atomic E-state index is 0.0191. The van der Waals surface area contributed by atoms with Crippen LogP contribution in [0.2, 0.25) is 0 Å². The first-order valence-corrected chi connectivity index (χ1v) is 10.6. The van der Waals surface area contributed by atoms with E-state index in [1.54, 1.807) is 13.8 Å². The van der Waals surface area contributed by atoms with Crippen LogP contribution in [0, 0.1) is 5.41 Å². The summed E-state index contributed by atoms with van der Waals surface area (Å²) in [6.07, 6.45) is -0.786. The lowest BCUT2D eigenvalue weighted by Gasteiger charge is -2.40. The van der Waals surface area contributed by atoms with Gasteiger partial charge in [-0.05, 0) is 6.92 Å². The predicted octanol–water partition coefficient (Wildman–Crippen LogP) is 0.437. The molecule has 2 heterocycles. The zero-order chi connectivity index (χ0) is 20.9. The molecule has 2 aliphatic rings. The topological polar surface area (TPSA) is 149 Å². The molecule has 1 amide bonds. The second-order valence-corrected chi connectivity index (χ2v) is 9.17. The second-order valence-electron chi connectivity index (χ2n) is 7.45. The van der Waals surface area contributed by atoms with Crippen LogP contribution in [-0.2, 0) is 37.5 Å². The first-order chi connectivity index (χ1) is 13.0. The molecule has 3 N–H and O–H groups in total. The molecule has 28 heavy (non-hydrogen) atoms. The second kappa shape index (κ2) is 9.32. The highest BCUT2D eigenvalue weighted by Crippen LogP contribution is 2.53. The van der Waals surface area contributed by atoms with Gasteiger partial charge in [0.1, 0.15) is 12.1 Å². The molecule has 0 aromatic rings. The number of hydrogen-bond acceptors (Lipinski definition) is 8. The highest BCUT2D eigenvalue weighted by Gasteiger charge is 2.48. The van der Waals surface area contributed by atoms with Crippen LogP contribution in [0.15, 0.2) is 0 Å². The van der Waals surface area contributed by atoms with Gasteiger partial charge in [0.05, 0.1) is 26.2 Å². The molecule has 0 radical (unpaired) electrons. The van der Waals surface area contributed by atoms with E-state index in [4.69, 9.17) is 23.6 Å². The molecule has 2 aliphatic heterocycles. The number of esters is 1. The fourth-order valence-corrected chi connectivity index (χ4v) is 4.58. The van der Waals surface area contributed by atoms with Gasteiger partial charge >= 0.3 is 19.7 Å². The molecule has 11 nitrogen and oxygen atoms in total. The van der Waals surface area contributed by atoms with Gasteiger partial charge in [-0.3, -0.25) is 23.4 Å². The third-order valence-electron chi connectivity index (χ3n) is 4.34. The van der Waals surface area contributed by atoms with Gasteiger partial charge in [0.25, 0.3) is 0 Å². The highest BCUT2D eigenvalue weighted by atomic mass is 31.2. The molecule has 2 rings (SSSR count). The van der Waals surface area contributed by atoms with Gasteiger partial charge in [-0.2, -0.15) is 0 Å². The first-order valence-electron chi connectivity index (χ1n) is 9.01. The molecule has 0 aromatic carbocycles. The van der Waals surface area contributed by atoms with Gasteiger partial charge in [0.15, 0.2) is 6.10 Å². The van der Waals surface area contributed by atoms with E-state index in [1.165, 1.54) is 6.92 Å². The summed E-state index contributed by atoms with van der Waals surface area (Å²) in [4.78, 5) is 35.3. The van der Waals surface area contributed by atoms with Crippen molar-refractivity contribution < 1.29 is 42.6 Å². The number of rotatable bonds is 8. The Kier molecular flexibility index (Phi) is 7.58. The van der Waals surface area contributed by atoms with Crippen molar-refractivity contribution in [2.75, 3.05) is 26.4 Å². The molecule has 0 aliphatic carbocycles. The maximum atomic E-state index is 12.6. The van der Waals surface area contributed by atoms with Crippen molar-refractivity contribution in [3.8, 4) is 0 Å². The summed E-state index contributed by atoms with van der Waals surface area (Å²) in [5.74, 6) is -2.26. The monoisotopic (exact) mass is 422 g/mol. The number of carbonyl (C=O) groups excluding carboxylic acids is 2. The Morgan fingerprint density at radius 3 is 2.68 bits per heavy atom. The van der Waals surface area contributed by atoms with Crippen LogP contribution in [0.4, 0.5) is 0 Å². The van der Waals surface area contributed by atoms with Crippen molar-refractivity contribution in [1.82, 2.24) is 10.4 Å². The van der Waals surface area contributed by atoms with E-state index >= 15 is 0 Å². The van der Waals surface area contributed by atoms with E-state index in [1.807, 2.05) is 0 Å². The summed E-state index contributed by atoms with van der Waals surface area (Å²) in [6.45, 7) is 5.53. The van der Waals surface area contributed by atoms with Crippen LogP contribution < -0.4 is 10.4 Å². The van der Waals surface area contributed by atoms with E-state index in [-0.39, 0.29) is 25.7 Å². The minimum Gasteiger partial charge on any atom is -0.480 e. The number of carboxylic acid groups (broad SMARTS) is 1. The number of nitrogens with one attached hydrogen (secondary N) is 2. The van der Waals surface area contributed by atoms with Gasteiger partial charge in [-0.1, -0.05) is 13.8 Å². The lowest BCUT2D eigenvalue weighted by Crippen LogP contribution is -2.51. The molecule has 1 unspecified atom stereocenters. The van der Waals surface area contributed by atoms with E-state index in [2.05, 4.69) is 10.4 Å². The smallest absolute Gasteiger partial charge is 0.407 e. The Morgan fingerprint density at radius 1 is 1.36 bits per heavy atom. The quantitative estimate of drug-likeness (QED) is 0.371. The number of aliphatic carboxylic acids is 1. The molecule has 4 atom stereocenters. The average molecular weight is 422 g/mol. The van der Waals surface area contributed by atoms with E-state index in [0.29, 0.717) is 19.6 Å². The predicted molar refractivity (Wildman–Crippen MR) is 95.4 cm³/mol. The molecule has 0 aromatic heterocycles. The van der Waals surface area contributed by atoms with Crippen molar-refractivity contribution in [3.05, 3.63) is 0 Å². The summed E-state index contributed by atoms with van der Waals surface area (Å²) >= 11 is 0. The zero-order valence-electron chi connectivity index (χ0n) is 16.1. The lowest BCUT2D eigenvalue weighted by atomic mass is 9.87.